The van der Waals surface area contributed by atoms with Crippen molar-refractivity contribution < 1.29 is 32.3 Å². The molecule has 1 saturated heterocycles. The van der Waals surface area contributed by atoms with Gasteiger partial charge >= 0.3 is 6.18 Å². The van der Waals surface area contributed by atoms with E-state index in [0.717, 1.165) is 37.8 Å². The van der Waals surface area contributed by atoms with E-state index < -0.39 is 41.2 Å². The standard InChI is InChI=1S/C21H25F3N4O4/c22-21(23,24)15-9-14(27-7-8-32-11-17(27)29)5-6-16(15)26-20(31)18(19(25)30)28(13-3-4-13)10-12-1-2-12/h5-6,9,12-13,18H,1-4,7-8,10-11H2,(H2,25,30)(H,26,31)/t18-/m0/s1. The van der Waals surface area contributed by atoms with E-state index in [1.807, 2.05) is 0 Å². The summed E-state index contributed by atoms with van der Waals surface area (Å²) in [6.45, 7) is 0.654. The number of nitrogens with two attached hydrogens (primary N) is 1. The zero-order valence-corrected chi connectivity index (χ0v) is 17.4. The second-order valence-electron chi connectivity index (χ2n) is 8.49. The monoisotopic (exact) mass is 454 g/mol. The van der Waals surface area contributed by atoms with Crippen LogP contribution in [0.1, 0.15) is 31.2 Å². The van der Waals surface area contributed by atoms with Gasteiger partial charge in [0.1, 0.15) is 6.61 Å². The highest BCUT2D eigenvalue weighted by molar-refractivity contribution is 6.10. The van der Waals surface area contributed by atoms with Crippen molar-refractivity contribution in [2.24, 2.45) is 11.7 Å². The predicted octanol–water partition coefficient (Wildman–Crippen LogP) is 1.74. The van der Waals surface area contributed by atoms with E-state index in [1.54, 1.807) is 4.90 Å². The third kappa shape index (κ3) is 5.04. The van der Waals surface area contributed by atoms with Crippen molar-refractivity contribution in [3.8, 4) is 0 Å². The fraction of sp³-hybridized carbons (Fsp3) is 0.571. The van der Waals surface area contributed by atoms with Gasteiger partial charge in [0.15, 0.2) is 6.04 Å². The zero-order valence-electron chi connectivity index (χ0n) is 17.4. The van der Waals surface area contributed by atoms with E-state index in [-0.39, 0.29) is 31.5 Å². The molecule has 3 amide bonds. The number of morpholine rings is 1. The summed E-state index contributed by atoms with van der Waals surface area (Å²) in [5, 5.41) is 2.27. The minimum absolute atomic E-state index is 0.0376. The summed E-state index contributed by atoms with van der Waals surface area (Å²) in [5.41, 5.74) is 3.96. The first-order chi connectivity index (χ1) is 15.1. The number of rotatable bonds is 8. The quantitative estimate of drug-likeness (QED) is 0.583. The molecule has 3 N–H and O–H groups in total. The Morgan fingerprint density at radius 3 is 2.53 bits per heavy atom. The molecule has 0 spiro atoms. The number of benzene rings is 1. The summed E-state index contributed by atoms with van der Waals surface area (Å²) in [7, 11) is 0. The maximum atomic E-state index is 13.8. The molecule has 8 nitrogen and oxygen atoms in total. The Balaban J connectivity index is 1.59. The van der Waals surface area contributed by atoms with Crippen LogP contribution in [-0.4, -0.2) is 61.0 Å². The third-order valence-corrected chi connectivity index (χ3v) is 5.90. The number of alkyl halides is 3. The molecule has 0 bridgehead atoms. The van der Waals surface area contributed by atoms with Crippen molar-refractivity contribution in [2.45, 2.75) is 43.9 Å². The topological polar surface area (TPSA) is 105 Å². The first-order valence-electron chi connectivity index (χ1n) is 10.6. The third-order valence-electron chi connectivity index (χ3n) is 5.90. The van der Waals surface area contributed by atoms with E-state index in [4.69, 9.17) is 10.5 Å². The summed E-state index contributed by atoms with van der Waals surface area (Å²) in [6, 6.07) is 1.94. The number of nitrogens with zero attached hydrogens (tertiary/aromatic N) is 2. The maximum absolute atomic E-state index is 13.8. The van der Waals surface area contributed by atoms with Crippen molar-refractivity contribution >= 4 is 29.1 Å². The number of hydrogen-bond acceptors (Lipinski definition) is 5. The molecular formula is C21H25F3N4O4. The van der Waals surface area contributed by atoms with Crippen LogP contribution in [0.3, 0.4) is 0 Å². The van der Waals surface area contributed by atoms with Gasteiger partial charge in [-0.15, -0.1) is 0 Å². The fourth-order valence-electron chi connectivity index (χ4n) is 3.95. The Hall–Kier alpha value is -2.66. The van der Waals surface area contributed by atoms with Gasteiger partial charge in [-0.1, -0.05) is 0 Å². The summed E-state index contributed by atoms with van der Waals surface area (Å²) in [6.07, 6.45) is -1.16. The van der Waals surface area contributed by atoms with Crippen LogP contribution in [0.4, 0.5) is 24.5 Å². The Kier molecular flexibility index (Phi) is 6.13. The number of anilines is 2. The molecule has 174 valence electrons. The van der Waals surface area contributed by atoms with Crippen LogP contribution < -0.4 is 16.0 Å². The molecule has 3 aliphatic rings. The second-order valence-corrected chi connectivity index (χ2v) is 8.49. The van der Waals surface area contributed by atoms with E-state index in [1.165, 1.54) is 11.0 Å². The number of ether oxygens (including phenoxy) is 1. The number of halogens is 3. The molecule has 2 saturated carbocycles. The van der Waals surface area contributed by atoms with Gasteiger partial charge in [-0.2, -0.15) is 13.2 Å². The lowest BCUT2D eigenvalue weighted by Crippen LogP contribution is -2.53. The summed E-state index contributed by atoms with van der Waals surface area (Å²) in [4.78, 5) is 40.0. The van der Waals surface area contributed by atoms with E-state index >= 15 is 0 Å². The lowest BCUT2D eigenvalue weighted by atomic mass is 10.1. The van der Waals surface area contributed by atoms with Gasteiger partial charge in [0, 0.05) is 24.8 Å². The lowest BCUT2D eigenvalue weighted by Gasteiger charge is -2.30. The van der Waals surface area contributed by atoms with E-state index in [9.17, 15) is 27.6 Å². The molecule has 3 fully saturated rings. The normalized spacial score (nSPS) is 20.4. The summed E-state index contributed by atoms with van der Waals surface area (Å²) < 4.78 is 46.4. The van der Waals surface area contributed by atoms with Gasteiger partial charge in [-0.05, 0) is 49.8 Å². The van der Waals surface area contributed by atoms with Gasteiger partial charge in [0.2, 0.25) is 5.91 Å². The Labute approximate surface area is 182 Å². The van der Waals surface area contributed by atoms with Crippen LogP contribution in [0.2, 0.25) is 0 Å². The molecule has 2 aliphatic carbocycles. The van der Waals surface area contributed by atoms with Crippen molar-refractivity contribution in [3.05, 3.63) is 23.8 Å². The van der Waals surface area contributed by atoms with Crippen LogP contribution in [0.25, 0.3) is 0 Å². The largest absolute Gasteiger partial charge is 0.418 e. The fourth-order valence-corrected chi connectivity index (χ4v) is 3.95. The van der Waals surface area contributed by atoms with Gasteiger partial charge in [-0.3, -0.25) is 19.3 Å². The molecule has 1 aromatic rings. The summed E-state index contributed by atoms with van der Waals surface area (Å²) in [5.74, 6) is -1.85. The number of hydrogen-bond donors (Lipinski definition) is 2. The lowest BCUT2D eigenvalue weighted by molar-refractivity contribution is -0.137. The Morgan fingerprint density at radius 1 is 1.25 bits per heavy atom. The predicted molar refractivity (Wildman–Crippen MR) is 109 cm³/mol. The zero-order chi connectivity index (χ0) is 23.0. The van der Waals surface area contributed by atoms with Crippen molar-refractivity contribution in [3.63, 3.8) is 0 Å². The molecular weight excluding hydrogens is 429 g/mol. The highest BCUT2D eigenvalue weighted by atomic mass is 19.4. The number of primary amides is 1. The molecule has 0 radical (unpaired) electrons. The minimum atomic E-state index is -4.79. The van der Waals surface area contributed by atoms with Gasteiger partial charge in [0.25, 0.3) is 11.8 Å². The van der Waals surface area contributed by atoms with Crippen LogP contribution >= 0.6 is 0 Å². The van der Waals surface area contributed by atoms with Gasteiger partial charge < -0.3 is 20.7 Å². The number of nitrogens with one attached hydrogen (secondary N) is 1. The second kappa shape index (κ2) is 8.70. The molecule has 4 rings (SSSR count). The Bertz CT molecular complexity index is 915. The van der Waals surface area contributed by atoms with E-state index in [2.05, 4.69) is 5.32 Å². The van der Waals surface area contributed by atoms with E-state index in [0.29, 0.717) is 12.5 Å². The molecule has 0 aromatic heterocycles. The molecule has 1 atom stereocenters. The van der Waals surface area contributed by atoms with Crippen LogP contribution in [0.15, 0.2) is 18.2 Å². The minimum Gasteiger partial charge on any atom is -0.370 e. The van der Waals surface area contributed by atoms with Crippen LogP contribution in [0, 0.1) is 5.92 Å². The van der Waals surface area contributed by atoms with Crippen molar-refractivity contribution in [1.82, 2.24) is 4.90 Å². The average molecular weight is 454 g/mol. The highest BCUT2D eigenvalue weighted by Gasteiger charge is 2.43. The molecule has 1 heterocycles. The van der Waals surface area contributed by atoms with Crippen LogP contribution in [0.5, 0.6) is 0 Å². The molecule has 1 aliphatic heterocycles. The molecule has 0 unspecified atom stereocenters. The highest BCUT2D eigenvalue weighted by Crippen LogP contribution is 2.39. The number of carbonyl (C=O) groups is 3. The molecule has 32 heavy (non-hydrogen) atoms. The smallest absolute Gasteiger partial charge is 0.370 e. The number of amides is 3. The van der Waals surface area contributed by atoms with Crippen molar-refractivity contribution in [2.75, 3.05) is 36.5 Å². The number of carbonyl (C=O) groups excluding carboxylic acids is 3. The SMILES string of the molecule is NC(=O)[C@@H](C(=O)Nc1ccc(N2CCOCC2=O)cc1C(F)(F)F)N(CC1CC1)C1CC1. The average Bonchev–Trinajstić information content (AvgIpc) is 3.61. The van der Waals surface area contributed by atoms with Crippen molar-refractivity contribution in [1.29, 1.82) is 0 Å². The molecule has 1 aromatic carbocycles. The molecule has 11 heteroatoms. The first kappa shape index (κ1) is 22.5. The Morgan fingerprint density at radius 2 is 1.97 bits per heavy atom. The summed E-state index contributed by atoms with van der Waals surface area (Å²) >= 11 is 0. The van der Waals surface area contributed by atoms with Gasteiger partial charge in [-0.25, -0.2) is 0 Å². The van der Waals surface area contributed by atoms with Crippen LogP contribution in [-0.2, 0) is 25.3 Å². The maximum Gasteiger partial charge on any atom is 0.418 e. The van der Waals surface area contributed by atoms with Gasteiger partial charge in [0.05, 0.1) is 17.9 Å². The first-order valence-corrected chi connectivity index (χ1v) is 10.6.